The number of aromatic nitrogens is 1. The number of likely N-dealkylation sites (N-methyl/N-ethyl adjacent to an activating group) is 1. The average Bonchev–Trinajstić information content (AvgIpc) is 2.95. The van der Waals surface area contributed by atoms with Crippen molar-refractivity contribution in [2.45, 2.75) is 33.9 Å². The smallest absolute Gasteiger partial charge is 0.191 e. The fourth-order valence-electron chi connectivity index (χ4n) is 2.37. The van der Waals surface area contributed by atoms with E-state index in [1.54, 1.807) is 11.3 Å². The van der Waals surface area contributed by atoms with Gasteiger partial charge in [-0.1, -0.05) is 12.1 Å². The van der Waals surface area contributed by atoms with Gasteiger partial charge < -0.3 is 20.3 Å². The molecule has 2 N–H and O–H groups in total. The molecule has 1 aromatic carbocycles. The van der Waals surface area contributed by atoms with Gasteiger partial charge in [-0.05, 0) is 52.6 Å². The molecular weight excluding hydrogens is 358 g/mol. The molecule has 0 bridgehead atoms. The number of guanidine groups is 1. The lowest BCUT2D eigenvalue weighted by atomic mass is 10.2. The number of nitrogens with one attached hydrogen (secondary N) is 2. The van der Waals surface area contributed by atoms with Crippen molar-refractivity contribution >= 4 is 17.3 Å². The van der Waals surface area contributed by atoms with Gasteiger partial charge >= 0.3 is 0 Å². The van der Waals surface area contributed by atoms with Crippen LogP contribution >= 0.6 is 11.3 Å². The number of thiazole rings is 1. The summed E-state index contributed by atoms with van der Waals surface area (Å²) in [7, 11) is 4.08. The highest BCUT2D eigenvalue weighted by Gasteiger charge is 2.05. The lowest BCUT2D eigenvalue weighted by molar-refractivity contribution is 0.261. The summed E-state index contributed by atoms with van der Waals surface area (Å²) in [5.74, 6) is 1.68. The van der Waals surface area contributed by atoms with Crippen LogP contribution in [0.3, 0.4) is 0 Å². The quantitative estimate of drug-likeness (QED) is 0.510. The van der Waals surface area contributed by atoms with E-state index >= 15 is 0 Å². The number of nitrogens with zero attached hydrogens (tertiary/aromatic N) is 3. The van der Waals surface area contributed by atoms with Crippen LogP contribution < -0.4 is 15.4 Å². The minimum atomic E-state index is 0.593. The molecule has 0 aliphatic rings. The standard InChI is InChI=1S/C20H31N5OS/c1-6-21-20(23-14-19-24-15(2)16(3)27-19)22-13-17-8-7-9-18(12-17)26-11-10-25(4)5/h7-9,12H,6,10-11,13-14H2,1-5H3,(H2,21,22,23). The first-order chi connectivity index (χ1) is 13.0. The zero-order valence-corrected chi connectivity index (χ0v) is 17.8. The lowest BCUT2D eigenvalue weighted by Crippen LogP contribution is -2.36. The van der Waals surface area contributed by atoms with E-state index in [1.165, 1.54) is 4.88 Å². The van der Waals surface area contributed by atoms with E-state index < -0.39 is 0 Å². The Kier molecular flexibility index (Phi) is 8.54. The fraction of sp³-hybridized carbons (Fsp3) is 0.500. The summed E-state index contributed by atoms with van der Waals surface area (Å²) < 4.78 is 5.80. The molecule has 0 saturated carbocycles. The van der Waals surface area contributed by atoms with Gasteiger partial charge in [0.1, 0.15) is 17.4 Å². The monoisotopic (exact) mass is 389 g/mol. The molecule has 27 heavy (non-hydrogen) atoms. The van der Waals surface area contributed by atoms with Gasteiger partial charge in [0.15, 0.2) is 5.96 Å². The van der Waals surface area contributed by atoms with Gasteiger partial charge in [-0.3, -0.25) is 0 Å². The van der Waals surface area contributed by atoms with Gasteiger partial charge in [0.25, 0.3) is 0 Å². The number of aryl methyl sites for hydroxylation is 2. The third-order valence-corrected chi connectivity index (χ3v) is 5.02. The summed E-state index contributed by atoms with van der Waals surface area (Å²) in [6.07, 6.45) is 0. The van der Waals surface area contributed by atoms with Crippen LogP contribution in [0.2, 0.25) is 0 Å². The van der Waals surface area contributed by atoms with Crippen LogP contribution in [0.1, 0.15) is 28.1 Å². The van der Waals surface area contributed by atoms with Crippen LogP contribution in [0.5, 0.6) is 5.75 Å². The van der Waals surface area contributed by atoms with Crippen molar-refractivity contribution in [3.05, 3.63) is 45.4 Å². The molecule has 0 aliphatic carbocycles. The van der Waals surface area contributed by atoms with Gasteiger partial charge in [0, 0.05) is 18.0 Å². The first kappa shape index (κ1) is 21.2. The maximum Gasteiger partial charge on any atom is 0.191 e. The molecule has 1 aromatic heterocycles. The second kappa shape index (κ2) is 10.9. The van der Waals surface area contributed by atoms with Crippen molar-refractivity contribution in [1.29, 1.82) is 0 Å². The molecule has 0 fully saturated rings. The zero-order valence-electron chi connectivity index (χ0n) is 17.0. The predicted octanol–water partition coefficient (Wildman–Crippen LogP) is 2.96. The van der Waals surface area contributed by atoms with Crippen LogP contribution in [0.4, 0.5) is 0 Å². The minimum Gasteiger partial charge on any atom is -0.492 e. The molecule has 1 heterocycles. The highest BCUT2D eigenvalue weighted by atomic mass is 32.1. The Bertz CT molecular complexity index is 722. The average molecular weight is 390 g/mol. The highest BCUT2D eigenvalue weighted by Crippen LogP contribution is 2.16. The van der Waals surface area contributed by atoms with Gasteiger partial charge in [0.2, 0.25) is 0 Å². The van der Waals surface area contributed by atoms with E-state index in [-0.39, 0.29) is 0 Å². The molecule has 0 radical (unpaired) electrons. The number of rotatable bonds is 9. The molecule has 0 unspecified atom stereocenters. The zero-order chi connectivity index (χ0) is 19.6. The number of aliphatic imine (C=N–C) groups is 1. The Morgan fingerprint density at radius 2 is 2.07 bits per heavy atom. The summed E-state index contributed by atoms with van der Waals surface area (Å²) in [6, 6.07) is 8.12. The van der Waals surface area contributed by atoms with E-state index in [2.05, 4.69) is 51.5 Å². The molecule has 148 valence electrons. The summed E-state index contributed by atoms with van der Waals surface area (Å²) in [5.41, 5.74) is 2.22. The maximum atomic E-state index is 5.80. The van der Waals surface area contributed by atoms with E-state index in [9.17, 15) is 0 Å². The van der Waals surface area contributed by atoms with Gasteiger partial charge in [0.05, 0.1) is 18.8 Å². The van der Waals surface area contributed by atoms with Gasteiger partial charge in [-0.25, -0.2) is 9.98 Å². The Hall–Kier alpha value is -2.12. The van der Waals surface area contributed by atoms with E-state index in [4.69, 9.17) is 4.74 Å². The first-order valence-corrected chi connectivity index (χ1v) is 10.1. The van der Waals surface area contributed by atoms with Gasteiger partial charge in [-0.2, -0.15) is 0 Å². The predicted molar refractivity (Wildman–Crippen MR) is 114 cm³/mol. The maximum absolute atomic E-state index is 5.80. The Labute approximate surface area is 166 Å². The summed E-state index contributed by atoms with van der Waals surface area (Å²) in [6.45, 7) is 9.87. The third kappa shape index (κ3) is 7.56. The molecule has 0 atom stereocenters. The van der Waals surface area contributed by atoms with Crippen molar-refractivity contribution in [3.63, 3.8) is 0 Å². The Balaban J connectivity index is 1.93. The topological polar surface area (TPSA) is 61.8 Å². The van der Waals surface area contributed by atoms with Gasteiger partial charge in [-0.15, -0.1) is 11.3 Å². The Morgan fingerprint density at radius 1 is 1.26 bits per heavy atom. The van der Waals surface area contributed by atoms with Crippen LogP contribution in [0.15, 0.2) is 29.3 Å². The van der Waals surface area contributed by atoms with Crippen molar-refractivity contribution < 1.29 is 4.74 Å². The number of hydrogen-bond donors (Lipinski definition) is 2. The first-order valence-electron chi connectivity index (χ1n) is 9.29. The molecule has 2 rings (SSSR count). The Morgan fingerprint density at radius 3 is 2.74 bits per heavy atom. The van der Waals surface area contributed by atoms with Crippen LogP contribution in [0.25, 0.3) is 0 Å². The van der Waals surface area contributed by atoms with E-state index in [1.807, 2.05) is 33.2 Å². The van der Waals surface area contributed by atoms with Crippen LogP contribution in [0, 0.1) is 13.8 Å². The van der Waals surface area contributed by atoms with E-state index in [0.29, 0.717) is 19.7 Å². The molecule has 0 saturated heterocycles. The van der Waals surface area contributed by atoms with Crippen LogP contribution in [-0.2, 0) is 13.1 Å². The number of ether oxygens (including phenoxy) is 1. The molecule has 6 nitrogen and oxygen atoms in total. The van der Waals surface area contributed by atoms with Crippen molar-refractivity contribution in [1.82, 2.24) is 20.5 Å². The van der Waals surface area contributed by atoms with Crippen molar-refractivity contribution in [2.24, 2.45) is 4.99 Å². The van der Waals surface area contributed by atoms with Crippen molar-refractivity contribution in [3.8, 4) is 5.75 Å². The molecule has 7 heteroatoms. The minimum absolute atomic E-state index is 0.593. The molecule has 0 spiro atoms. The summed E-state index contributed by atoms with van der Waals surface area (Å²) in [4.78, 5) is 12.6. The lowest BCUT2D eigenvalue weighted by Gasteiger charge is -2.12. The normalized spacial score (nSPS) is 11.7. The number of hydrogen-bond acceptors (Lipinski definition) is 5. The largest absolute Gasteiger partial charge is 0.492 e. The molecular formula is C20H31N5OS. The second-order valence-corrected chi connectivity index (χ2v) is 7.88. The summed E-state index contributed by atoms with van der Waals surface area (Å²) >= 11 is 1.72. The van der Waals surface area contributed by atoms with E-state index in [0.717, 1.165) is 41.1 Å². The molecule has 0 aliphatic heterocycles. The third-order valence-electron chi connectivity index (χ3n) is 3.95. The van der Waals surface area contributed by atoms with Crippen molar-refractivity contribution in [2.75, 3.05) is 33.8 Å². The molecule has 0 amide bonds. The number of benzene rings is 1. The molecule has 2 aromatic rings. The van der Waals surface area contributed by atoms with Crippen LogP contribution in [-0.4, -0.2) is 49.6 Å². The second-order valence-electron chi connectivity index (χ2n) is 6.60. The highest BCUT2D eigenvalue weighted by molar-refractivity contribution is 7.11. The SMILES string of the molecule is CCNC(=NCc1cccc(OCCN(C)C)c1)NCc1nc(C)c(C)s1. The fourth-order valence-corrected chi connectivity index (χ4v) is 3.24. The summed E-state index contributed by atoms with van der Waals surface area (Å²) in [5, 5.41) is 7.72.